The number of rotatable bonds is 7. The molecule has 6 nitrogen and oxygen atoms in total. The van der Waals surface area contributed by atoms with Gasteiger partial charge < -0.3 is 16.0 Å². The second-order valence-electron chi connectivity index (χ2n) is 6.23. The molecule has 120 valence electrons. The maximum absolute atomic E-state index is 12.5. The van der Waals surface area contributed by atoms with Crippen molar-refractivity contribution in [3.05, 3.63) is 0 Å². The average molecular weight is 332 g/mol. The van der Waals surface area contributed by atoms with Crippen LogP contribution in [0.2, 0.25) is 0 Å². The lowest BCUT2D eigenvalue weighted by atomic mass is 10.0. The van der Waals surface area contributed by atoms with Crippen LogP contribution in [0, 0.1) is 5.92 Å². The van der Waals surface area contributed by atoms with Crippen molar-refractivity contribution >= 4 is 32.2 Å². The molecule has 1 aliphatic carbocycles. The monoisotopic (exact) mass is 332 g/mol. The number of nitrogens with two attached hydrogens (primary N) is 1. The van der Waals surface area contributed by atoms with Gasteiger partial charge in [0, 0.05) is 12.6 Å². The van der Waals surface area contributed by atoms with Gasteiger partial charge in [0.1, 0.15) is 9.90 Å². The van der Waals surface area contributed by atoms with Crippen molar-refractivity contribution in [2.75, 3.05) is 31.7 Å². The van der Waals surface area contributed by atoms with Gasteiger partial charge in [0.05, 0.1) is 5.25 Å². The van der Waals surface area contributed by atoms with Crippen LogP contribution in [0.4, 0.5) is 10.8 Å². The van der Waals surface area contributed by atoms with E-state index in [-0.39, 0.29) is 22.0 Å². The fourth-order valence-corrected chi connectivity index (χ4v) is 5.13. The molecule has 0 radical (unpaired) electrons. The molecule has 21 heavy (non-hydrogen) atoms. The number of anilines is 2. The van der Waals surface area contributed by atoms with E-state index < -0.39 is 9.84 Å². The number of hydrogen-bond donors (Lipinski definition) is 2. The molecule has 0 bridgehead atoms. The molecule has 0 aromatic carbocycles. The highest BCUT2D eigenvalue weighted by atomic mass is 32.2. The van der Waals surface area contributed by atoms with Crippen molar-refractivity contribution in [1.29, 1.82) is 0 Å². The third-order valence-corrected chi connectivity index (χ3v) is 6.86. The van der Waals surface area contributed by atoms with Gasteiger partial charge in [0.2, 0.25) is 0 Å². The Bertz CT molecular complexity index is 591. The quantitative estimate of drug-likeness (QED) is 0.789. The van der Waals surface area contributed by atoms with Crippen LogP contribution >= 0.6 is 11.5 Å². The zero-order valence-electron chi connectivity index (χ0n) is 13.0. The van der Waals surface area contributed by atoms with Gasteiger partial charge in [-0.05, 0) is 44.4 Å². The molecule has 3 N–H and O–H groups in total. The second-order valence-corrected chi connectivity index (χ2v) is 9.17. The number of nitrogen functional groups attached to an aromatic ring is 1. The molecule has 1 heterocycles. The van der Waals surface area contributed by atoms with Crippen LogP contribution in [0.5, 0.6) is 0 Å². The summed E-state index contributed by atoms with van der Waals surface area (Å²) in [6, 6.07) is 0.146. The topological polar surface area (TPSA) is 88.3 Å². The maximum atomic E-state index is 12.5. The molecular weight excluding hydrogens is 308 g/mol. The molecule has 1 unspecified atom stereocenters. The third-order valence-electron chi connectivity index (χ3n) is 3.60. The molecular formula is C13H24N4O2S2. The minimum Gasteiger partial charge on any atom is -0.382 e. The summed E-state index contributed by atoms with van der Waals surface area (Å²) in [7, 11) is 0.663. The summed E-state index contributed by atoms with van der Waals surface area (Å²) in [5.41, 5.74) is 5.82. The summed E-state index contributed by atoms with van der Waals surface area (Å²) < 4.78 is 29.1. The molecule has 1 aromatic rings. The van der Waals surface area contributed by atoms with Gasteiger partial charge in [-0.2, -0.15) is 4.37 Å². The van der Waals surface area contributed by atoms with Gasteiger partial charge in [-0.3, -0.25) is 0 Å². The van der Waals surface area contributed by atoms with Crippen LogP contribution in [-0.4, -0.2) is 49.6 Å². The predicted octanol–water partition coefficient (Wildman–Crippen LogP) is 1.66. The van der Waals surface area contributed by atoms with E-state index in [0.29, 0.717) is 10.9 Å². The zero-order valence-corrected chi connectivity index (χ0v) is 14.6. The van der Waals surface area contributed by atoms with Gasteiger partial charge in [-0.25, -0.2) is 8.42 Å². The summed E-state index contributed by atoms with van der Waals surface area (Å²) in [5.74, 6) is 0.494. The second kappa shape index (κ2) is 6.10. The van der Waals surface area contributed by atoms with Gasteiger partial charge >= 0.3 is 0 Å². The predicted molar refractivity (Wildman–Crippen MR) is 87.5 cm³/mol. The molecule has 1 aromatic heterocycles. The molecule has 0 amide bonds. The molecule has 1 fully saturated rings. The highest BCUT2D eigenvalue weighted by Crippen LogP contribution is 2.41. The number of hydrogen-bond acceptors (Lipinski definition) is 7. The average Bonchev–Trinajstić information content (AvgIpc) is 3.13. The Labute approximate surface area is 130 Å². The molecule has 1 atom stereocenters. The van der Waals surface area contributed by atoms with E-state index in [0.717, 1.165) is 30.9 Å². The Balaban J connectivity index is 2.28. The number of nitrogens with one attached hydrogen (secondary N) is 1. The fraction of sp³-hybridized carbons (Fsp3) is 0.769. The van der Waals surface area contributed by atoms with Crippen LogP contribution in [0.3, 0.4) is 0 Å². The Morgan fingerprint density at radius 3 is 2.52 bits per heavy atom. The van der Waals surface area contributed by atoms with Crippen LogP contribution in [0.1, 0.15) is 26.7 Å². The lowest BCUT2D eigenvalue weighted by Crippen LogP contribution is -2.36. The van der Waals surface area contributed by atoms with E-state index in [4.69, 9.17) is 5.73 Å². The lowest BCUT2D eigenvalue weighted by Gasteiger charge is -2.26. The Hall–Kier alpha value is -0.860. The standard InChI is InChI=1S/C13H24N4O2S2/c1-8(2)10(7-17(3)4)15-13-11(12(14)16-20-13)21(18,19)9-5-6-9/h8-10,15H,5-7H2,1-4H3,(H2,14,16). The van der Waals surface area contributed by atoms with Gasteiger partial charge in [0.15, 0.2) is 15.7 Å². The van der Waals surface area contributed by atoms with Crippen molar-refractivity contribution in [3.63, 3.8) is 0 Å². The van der Waals surface area contributed by atoms with Crippen LogP contribution < -0.4 is 11.1 Å². The summed E-state index contributed by atoms with van der Waals surface area (Å²) in [6.07, 6.45) is 1.45. The maximum Gasteiger partial charge on any atom is 0.187 e. The molecule has 0 saturated heterocycles. The van der Waals surface area contributed by atoms with Crippen molar-refractivity contribution in [1.82, 2.24) is 9.27 Å². The van der Waals surface area contributed by atoms with E-state index in [2.05, 4.69) is 28.4 Å². The van der Waals surface area contributed by atoms with Crippen molar-refractivity contribution < 1.29 is 8.42 Å². The van der Waals surface area contributed by atoms with Crippen molar-refractivity contribution in [2.24, 2.45) is 5.92 Å². The first-order valence-electron chi connectivity index (χ1n) is 7.13. The van der Waals surface area contributed by atoms with Gasteiger partial charge in [0.25, 0.3) is 0 Å². The van der Waals surface area contributed by atoms with Gasteiger partial charge in [-0.1, -0.05) is 13.8 Å². The Morgan fingerprint density at radius 1 is 1.43 bits per heavy atom. The van der Waals surface area contributed by atoms with Crippen molar-refractivity contribution in [2.45, 2.75) is 42.9 Å². The Morgan fingerprint density at radius 2 is 2.05 bits per heavy atom. The molecule has 1 aliphatic rings. The summed E-state index contributed by atoms with van der Waals surface area (Å²) in [4.78, 5) is 2.29. The first-order valence-corrected chi connectivity index (χ1v) is 9.45. The van der Waals surface area contributed by atoms with Crippen LogP contribution in [-0.2, 0) is 9.84 Å². The highest BCUT2D eigenvalue weighted by Gasteiger charge is 2.41. The molecule has 0 spiro atoms. The Kier molecular flexibility index (Phi) is 4.79. The minimum absolute atomic E-state index is 0.127. The normalized spacial score (nSPS) is 17.4. The zero-order chi connectivity index (χ0) is 15.8. The largest absolute Gasteiger partial charge is 0.382 e. The molecule has 8 heteroatoms. The lowest BCUT2D eigenvalue weighted by molar-refractivity contribution is 0.344. The number of nitrogens with zero attached hydrogens (tertiary/aromatic N) is 2. The first kappa shape index (κ1) is 16.5. The third kappa shape index (κ3) is 3.67. The molecule has 0 aliphatic heterocycles. The number of aromatic nitrogens is 1. The van der Waals surface area contributed by atoms with Crippen LogP contribution in [0.25, 0.3) is 0 Å². The summed E-state index contributed by atoms with van der Waals surface area (Å²) in [6.45, 7) is 5.04. The molecule has 2 rings (SSSR count). The fourth-order valence-electron chi connectivity index (χ4n) is 2.19. The van der Waals surface area contributed by atoms with E-state index in [1.807, 2.05) is 14.1 Å². The van der Waals surface area contributed by atoms with E-state index >= 15 is 0 Å². The SMILES string of the molecule is CC(C)C(CN(C)C)Nc1snc(N)c1S(=O)(=O)C1CC1. The number of likely N-dealkylation sites (N-methyl/N-ethyl adjacent to an activating group) is 1. The molecule has 1 saturated carbocycles. The summed E-state index contributed by atoms with van der Waals surface area (Å²) in [5, 5.41) is 3.65. The van der Waals surface area contributed by atoms with E-state index in [1.54, 1.807) is 0 Å². The van der Waals surface area contributed by atoms with Crippen LogP contribution in [0.15, 0.2) is 4.90 Å². The van der Waals surface area contributed by atoms with Crippen molar-refractivity contribution in [3.8, 4) is 0 Å². The van der Waals surface area contributed by atoms with E-state index in [9.17, 15) is 8.42 Å². The highest BCUT2D eigenvalue weighted by molar-refractivity contribution is 7.92. The smallest absolute Gasteiger partial charge is 0.187 e. The minimum atomic E-state index is -3.34. The van der Waals surface area contributed by atoms with E-state index in [1.165, 1.54) is 0 Å². The van der Waals surface area contributed by atoms with Gasteiger partial charge in [-0.15, -0.1) is 0 Å². The first-order chi connectivity index (χ1) is 9.73. The summed E-state index contributed by atoms with van der Waals surface area (Å²) >= 11 is 1.14. The number of sulfone groups is 1.